The minimum atomic E-state index is 0.264. The van der Waals surface area contributed by atoms with Crippen LogP contribution in [0.1, 0.15) is 44.3 Å². The topological polar surface area (TPSA) is 53.8 Å². The summed E-state index contributed by atoms with van der Waals surface area (Å²) in [4.78, 5) is 9.79. The van der Waals surface area contributed by atoms with Crippen molar-refractivity contribution in [2.45, 2.75) is 51.1 Å². The van der Waals surface area contributed by atoms with Gasteiger partial charge in [0.15, 0.2) is 0 Å². The molecule has 6 nitrogen and oxygen atoms in total. The fourth-order valence-corrected chi connectivity index (χ4v) is 5.09. The molecule has 0 amide bonds. The first-order chi connectivity index (χ1) is 14.8. The van der Waals surface area contributed by atoms with E-state index in [-0.39, 0.29) is 6.61 Å². The molecule has 0 unspecified atom stereocenters. The number of rotatable bonds is 8. The molecule has 0 spiro atoms. The molecule has 1 N–H and O–H groups in total. The highest BCUT2D eigenvalue weighted by Gasteiger charge is 2.29. The highest BCUT2D eigenvalue weighted by molar-refractivity contribution is 5.38. The van der Waals surface area contributed by atoms with E-state index in [1.807, 2.05) is 24.5 Å². The van der Waals surface area contributed by atoms with Crippen LogP contribution in [0.4, 0.5) is 0 Å². The van der Waals surface area contributed by atoms with Crippen LogP contribution in [0.5, 0.6) is 5.75 Å². The first-order valence-electron chi connectivity index (χ1n) is 11.5. The van der Waals surface area contributed by atoms with Crippen molar-refractivity contribution in [2.24, 2.45) is 5.92 Å². The Morgan fingerprint density at radius 2 is 1.90 bits per heavy atom. The lowest BCUT2D eigenvalue weighted by Crippen LogP contribution is -2.54. The Hall–Kier alpha value is -1.89. The molecular formula is C24H36N4O2. The zero-order valence-electron chi connectivity index (χ0n) is 18.2. The Kier molecular flexibility index (Phi) is 7.42. The van der Waals surface area contributed by atoms with Gasteiger partial charge in [0.25, 0.3) is 0 Å². The molecule has 164 valence electrons. The molecule has 2 aromatic rings. The summed E-state index contributed by atoms with van der Waals surface area (Å²) in [6, 6.07) is 8.55. The van der Waals surface area contributed by atoms with E-state index in [1.54, 1.807) is 7.11 Å². The van der Waals surface area contributed by atoms with Crippen molar-refractivity contribution in [3.05, 3.63) is 42.5 Å². The maximum Gasteiger partial charge on any atom is 0.127 e. The van der Waals surface area contributed by atoms with Crippen LogP contribution in [0.15, 0.2) is 36.7 Å². The molecule has 30 heavy (non-hydrogen) atoms. The van der Waals surface area contributed by atoms with Crippen molar-refractivity contribution >= 4 is 0 Å². The largest absolute Gasteiger partial charge is 0.497 e. The second-order valence-electron chi connectivity index (χ2n) is 8.81. The molecule has 1 saturated carbocycles. The molecule has 2 fully saturated rings. The van der Waals surface area contributed by atoms with Gasteiger partial charge in [0, 0.05) is 56.9 Å². The van der Waals surface area contributed by atoms with E-state index in [0.29, 0.717) is 6.04 Å². The number of methoxy groups -OCH3 is 1. The SMILES string of the molecule is COc1ccc(-n2ccnc2CN2CCN(CC3CCCCC3)[C@@H](CCO)C2)cc1. The van der Waals surface area contributed by atoms with Crippen LogP contribution in [0.3, 0.4) is 0 Å². The van der Waals surface area contributed by atoms with E-state index in [2.05, 4.69) is 31.5 Å². The number of aliphatic hydroxyl groups is 1. The Morgan fingerprint density at radius 1 is 1.10 bits per heavy atom. The van der Waals surface area contributed by atoms with Gasteiger partial charge in [0.05, 0.1) is 13.7 Å². The van der Waals surface area contributed by atoms with Gasteiger partial charge in [-0.25, -0.2) is 4.98 Å². The first-order valence-corrected chi connectivity index (χ1v) is 11.5. The third-order valence-electron chi connectivity index (χ3n) is 6.80. The standard InChI is InChI=1S/C24H36N4O2/c1-30-23-9-7-21(8-10-23)28-13-12-25-24(28)19-26-14-15-27(22(18-26)11-16-29)17-20-5-3-2-4-6-20/h7-10,12-13,20,22,29H,2-6,11,14-19H2,1H3/t22-/m0/s1. The Labute approximate surface area is 180 Å². The van der Waals surface area contributed by atoms with Gasteiger partial charge in [0.1, 0.15) is 11.6 Å². The number of hydrogen-bond donors (Lipinski definition) is 1. The van der Waals surface area contributed by atoms with Crippen molar-refractivity contribution in [1.82, 2.24) is 19.4 Å². The molecule has 1 aliphatic carbocycles. The van der Waals surface area contributed by atoms with E-state index in [1.165, 1.54) is 38.6 Å². The third-order valence-corrected chi connectivity index (χ3v) is 6.80. The summed E-state index contributed by atoms with van der Waals surface area (Å²) in [5, 5.41) is 9.65. The van der Waals surface area contributed by atoms with Crippen LogP contribution in [-0.2, 0) is 6.54 Å². The number of nitrogens with zero attached hydrogens (tertiary/aromatic N) is 4. The molecule has 1 aromatic carbocycles. The van der Waals surface area contributed by atoms with E-state index >= 15 is 0 Å². The van der Waals surface area contributed by atoms with Crippen LogP contribution >= 0.6 is 0 Å². The second-order valence-corrected chi connectivity index (χ2v) is 8.81. The molecule has 4 rings (SSSR count). The predicted octanol–water partition coefficient (Wildman–Crippen LogP) is 3.33. The van der Waals surface area contributed by atoms with Gasteiger partial charge in [-0.2, -0.15) is 0 Å². The summed E-state index contributed by atoms with van der Waals surface area (Å²) in [6.45, 7) is 5.45. The molecule has 6 heteroatoms. The average Bonchev–Trinajstić information content (AvgIpc) is 3.24. The predicted molar refractivity (Wildman–Crippen MR) is 119 cm³/mol. The molecule has 2 heterocycles. The fraction of sp³-hybridized carbons (Fsp3) is 0.625. The highest BCUT2D eigenvalue weighted by atomic mass is 16.5. The number of benzene rings is 1. The van der Waals surface area contributed by atoms with Gasteiger partial charge in [-0.15, -0.1) is 0 Å². The minimum absolute atomic E-state index is 0.264. The zero-order valence-corrected chi connectivity index (χ0v) is 18.2. The Bertz CT molecular complexity index is 770. The summed E-state index contributed by atoms with van der Waals surface area (Å²) in [5.41, 5.74) is 1.10. The van der Waals surface area contributed by atoms with Gasteiger partial charge >= 0.3 is 0 Å². The van der Waals surface area contributed by atoms with Gasteiger partial charge in [-0.1, -0.05) is 19.3 Å². The van der Waals surface area contributed by atoms with E-state index in [9.17, 15) is 5.11 Å². The quantitative estimate of drug-likeness (QED) is 0.721. The molecule has 0 radical (unpaired) electrons. The van der Waals surface area contributed by atoms with Crippen molar-refractivity contribution in [3.63, 3.8) is 0 Å². The maximum atomic E-state index is 9.65. The summed E-state index contributed by atoms with van der Waals surface area (Å²) >= 11 is 0. The molecule has 1 atom stereocenters. The van der Waals surface area contributed by atoms with E-state index < -0.39 is 0 Å². The van der Waals surface area contributed by atoms with E-state index in [4.69, 9.17) is 4.74 Å². The smallest absolute Gasteiger partial charge is 0.127 e. The Morgan fingerprint density at radius 3 is 2.63 bits per heavy atom. The van der Waals surface area contributed by atoms with Crippen molar-refractivity contribution in [1.29, 1.82) is 0 Å². The number of piperazine rings is 1. The number of aliphatic hydroxyl groups excluding tert-OH is 1. The normalized spacial score (nSPS) is 21.7. The first kappa shape index (κ1) is 21.3. The van der Waals surface area contributed by atoms with Crippen LogP contribution in [0.25, 0.3) is 5.69 Å². The van der Waals surface area contributed by atoms with Crippen molar-refractivity contribution in [2.75, 3.05) is 39.9 Å². The number of aromatic nitrogens is 2. The van der Waals surface area contributed by atoms with Crippen molar-refractivity contribution < 1.29 is 9.84 Å². The van der Waals surface area contributed by atoms with Crippen molar-refractivity contribution in [3.8, 4) is 11.4 Å². The lowest BCUT2D eigenvalue weighted by molar-refractivity contribution is 0.0388. The van der Waals surface area contributed by atoms with Gasteiger partial charge in [-0.3, -0.25) is 9.80 Å². The lowest BCUT2D eigenvalue weighted by atomic mass is 9.88. The highest BCUT2D eigenvalue weighted by Crippen LogP contribution is 2.27. The lowest BCUT2D eigenvalue weighted by Gasteiger charge is -2.43. The summed E-state index contributed by atoms with van der Waals surface area (Å²) in [7, 11) is 1.69. The van der Waals surface area contributed by atoms with E-state index in [0.717, 1.165) is 55.8 Å². The molecule has 1 saturated heterocycles. The second kappa shape index (κ2) is 10.4. The number of hydrogen-bond acceptors (Lipinski definition) is 5. The molecular weight excluding hydrogens is 376 g/mol. The average molecular weight is 413 g/mol. The summed E-state index contributed by atoms with van der Waals surface area (Å²) in [5.74, 6) is 2.77. The minimum Gasteiger partial charge on any atom is -0.497 e. The van der Waals surface area contributed by atoms with Crippen LogP contribution in [-0.4, -0.2) is 70.4 Å². The fourth-order valence-electron chi connectivity index (χ4n) is 5.09. The summed E-state index contributed by atoms with van der Waals surface area (Å²) < 4.78 is 7.44. The molecule has 1 aliphatic heterocycles. The van der Waals surface area contributed by atoms with Crippen LogP contribution in [0, 0.1) is 5.92 Å². The zero-order chi connectivity index (χ0) is 20.8. The molecule has 2 aliphatic rings. The molecule has 1 aromatic heterocycles. The van der Waals surface area contributed by atoms with Crippen LogP contribution < -0.4 is 4.74 Å². The van der Waals surface area contributed by atoms with Crippen LogP contribution in [0.2, 0.25) is 0 Å². The Balaban J connectivity index is 1.39. The number of ether oxygens (including phenoxy) is 1. The van der Waals surface area contributed by atoms with Gasteiger partial charge in [-0.05, 0) is 49.4 Å². The summed E-state index contributed by atoms with van der Waals surface area (Å²) in [6.07, 6.45) is 11.7. The van der Waals surface area contributed by atoms with Gasteiger partial charge in [0.2, 0.25) is 0 Å². The van der Waals surface area contributed by atoms with Gasteiger partial charge < -0.3 is 14.4 Å². The number of imidazole rings is 1. The third kappa shape index (κ3) is 5.23. The maximum absolute atomic E-state index is 9.65. The monoisotopic (exact) mass is 412 g/mol. The molecule has 0 bridgehead atoms.